The zero-order valence-electron chi connectivity index (χ0n) is 9.05. The van der Waals surface area contributed by atoms with E-state index in [1.165, 1.54) is 0 Å². The van der Waals surface area contributed by atoms with Gasteiger partial charge in [-0.15, -0.1) is 0 Å². The summed E-state index contributed by atoms with van der Waals surface area (Å²) in [5.74, 6) is -2.23. The first-order valence-corrected chi connectivity index (χ1v) is 5.08. The van der Waals surface area contributed by atoms with Crippen LogP contribution >= 0.6 is 0 Å². The maximum Gasteiger partial charge on any atom is 0.313 e. The molecule has 0 amide bonds. The van der Waals surface area contributed by atoms with Crippen LogP contribution in [-0.4, -0.2) is 23.7 Å². The largest absolute Gasteiger partial charge is 0.481 e. The first-order chi connectivity index (χ1) is 7.65. The van der Waals surface area contributed by atoms with Crippen LogP contribution in [0.2, 0.25) is 0 Å². The van der Waals surface area contributed by atoms with Gasteiger partial charge in [0.15, 0.2) is 0 Å². The van der Waals surface area contributed by atoms with Crippen LogP contribution in [0.1, 0.15) is 24.8 Å². The van der Waals surface area contributed by atoms with E-state index in [0.29, 0.717) is 5.56 Å². The molecule has 0 aliphatic carbocycles. The van der Waals surface area contributed by atoms with E-state index in [9.17, 15) is 9.59 Å². The molecule has 1 aromatic rings. The van der Waals surface area contributed by atoms with E-state index >= 15 is 0 Å². The standard InChI is InChI=1S/C12H14O4/c1-2-16-12(15)10(8-11(13)14)9-6-4-3-5-7-9/h3-7,10H,2,8H2,1H3,(H,13,14)/t10-/m0/s1. The molecule has 0 aliphatic rings. The van der Waals surface area contributed by atoms with Gasteiger partial charge >= 0.3 is 11.9 Å². The summed E-state index contributed by atoms with van der Waals surface area (Å²) in [5, 5.41) is 8.75. The third kappa shape index (κ3) is 3.38. The number of carbonyl (C=O) groups excluding carboxylic acids is 1. The van der Waals surface area contributed by atoms with Crippen molar-refractivity contribution in [3.8, 4) is 0 Å². The monoisotopic (exact) mass is 222 g/mol. The molecule has 0 unspecified atom stereocenters. The van der Waals surface area contributed by atoms with Gasteiger partial charge in [0.2, 0.25) is 0 Å². The molecule has 4 heteroatoms. The maximum absolute atomic E-state index is 11.6. The topological polar surface area (TPSA) is 63.6 Å². The van der Waals surface area contributed by atoms with Crippen LogP contribution in [0.4, 0.5) is 0 Å². The highest BCUT2D eigenvalue weighted by Gasteiger charge is 2.24. The molecular weight excluding hydrogens is 208 g/mol. The molecule has 0 saturated heterocycles. The summed E-state index contributed by atoms with van der Waals surface area (Å²) in [6.45, 7) is 1.95. The fourth-order valence-electron chi connectivity index (χ4n) is 1.44. The zero-order chi connectivity index (χ0) is 12.0. The number of carboxylic acid groups (broad SMARTS) is 1. The average molecular weight is 222 g/mol. The van der Waals surface area contributed by atoms with Crippen molar-refractivity contribution in [1.29, 1.82) is 0 Å². The Bertz CT molecular complexity index is 359. The van der Waals surface area contributed by atoms with Gasteiger partial charge in [-0.2, -0.15) is 0 Å². The summed E-state index contributed by atoms with van der Waals surface area (Å²) in [4.78, 5) is 22.3. The summed E-state index contributed by atoms with van der Waals surface area (Å²) in [6.07, 6.45) is -0.247. The van der Waals surface area contributed by atoms with Gasteiger partial charge in [-0.05, 0) is 12.5 Å². The Labute approximate surface area is 93.9 Å². The van der Waals surface area contributed by atoms with Gasteiger partial charge in [-0.1, -0.05) is 30.3 Å². The predicted octanol–water partition coefficient (Wildman–Crippen LogP) is 1.81. The van der Waals surface area contributed by atoms with E-state index in [-0.39, 0.29) is 13.0 Å². The van der Waals surface area contributed by atoms with Crippen molar-refractivity contribution < 1.29 is 19.4 Å². The summed E-state index contributed by atoms with van der Waals surface area (Å²) in [6, 6.07) is 8.80. The fourth-order valence-corrected chi connectivity index (χ4v) is 1.44. The zero-order valence-corrected chi connectivity index (χ0v) is 9.05. The molecule has 0 bridgehead atoms. The lowest BCUT2D eigenvalue weighted by Crippen LogP contribution is -2.19. The molecule has 0 fully saturated rings. The number of carbonyl (C=O) groups is 2. The summed E-state index contributed by atoms with van der Waals surface area (Å²) in [7, 11) is 0. The average Bonchev–Trinajstić information content (AvgIpc) is 2.27. The number of carboxylic acids is 1. The number of rotatable bonds is 5. The second-order valence-corrected chi connectivity index (χ2v) is 3.31. The van der Waals surface area contributed by atoms with Crippen molar-refractivity contribution in [3.63, 3.8) is 0 Å². The van der Waals surface area contributed by atoms with Crippen molar-refractivity contribution in [1.82, 2.24) is 0 Å². The second-order valence-electron chi connectivity index (χ2n) is 3.31. The molecule has 1 N–H and O–H groups in total. The Hall–Kier alpha value is -1.84. The number of benzene rings is 1. The van der Waals surface area contributed by atoms with E-state index in [1.54, 1.807) is 31.2 Å². The number of hydrogen-bond acceptors (Lipinski definition) is 3. The van der Waals surface area contributed by atoms with Gasteiger partial charge in [0, 0.05) is 0 Å². The van der Waals surface area contributed by atoms with Gasteiger partial charge < -0.3 is 9.84 Å². The normalized spacial score (nSPS) is 11.8. The molecule has 0 saturated carbocycles. The Morgan fingerprint density at radius 3 is 2.44 bits per heavy atom. The number of aliphatic carboxylic acids is 1. The molecular formula is C12H14O4. The third-order valence-corrected chi connectivity index (χ3v) is 2.15. The van der Waals surface area contributed by atoms with Crippen LogP contribution in [0.3, 0.4) is 0 Å². The molecule has 86 valence electrons. The molecule has 4 nitrogen and oxygen atoms in total. The van der Waals surface area contributed by atoms with Crippen molar-refractivity contribution in [2.45, 2.75) is 19.3 Å². The molecule has 0 heterocycles. The molecule has 0 aliphatic heterocycles. The lowest BCUT2D eigenvalue weighted by molar-refractivity contribution is -0.149. The highest BCUT2D eigenvalue weighted by molar-refractivity contribution is 5.83. The number of ether oxygens (including phenoxy) is 1. The minimum Gasteiger partial charge on any atom is -0.481 e. The van der Waals surface area contributed by atoms with Crippen LogP contribution in [0.5, 0.6) is 0 Å². The van der Waals surface area contributed by atoms with Gasteiger partial charge in [0.25, 0.3) is 0 Å². The first-order valence-electron chi connectivity index (χ1n) is 5.08. The first kappa shape index (κ1) is 12.2. The Morgan fingerprint density at radius 1 is 1.31 bits per heavy atom. The highest BCUT2D eigenvalue weighted by Crippen LogP contribution is 2.21. The van der Waals surface area contributed by atoms with Gasteiger partial charge in [-0.25, -0.2) is 0 Å². The minimum atomic E-state index is -1.01. The van der Waals surface area contributed by atoms with Crippen LogP contribution in [0, 0.1) is 0 Å². The fraction of sp³-hybridized carbons (Fsp3) is 0.333. The van der Waals surface area contributed by atoms with Crippen LogP contribution in [0.15, 0.2) is 30.3 Å². The highest BCUT2D eigenvalue weighted by atomic mass is 16.5. The van der Waals surface area contributed by atoms with Crippen LogP contribution in [0.25, 0.3) is 0 Å². The van der Waals surface area contributed by atoms with Gasteiger partial charge in [-0.3, -0.25) is 9.59 Å². The maximum atomic E-state index is 11.6. The Balaban J connectivity index is 2.87. The van der Waals surface area contributed by atoms with Gasteiger partial charge in [0.1, 0.15) is 0 Å². The van der Waals surface area contributed by atoms with Crippen molar-refractivity contribution in [2.24, 2.45) is 0 Å². The smallest absolute Gasteiger partial charge is 0.313 e. The third-order valence-electron chi connectivity index (χ3n) is 2.15. The van der Waals surface area contributed by atoms with Crippen LogP contribution < -0.4 is 0 Å². The van der Waals surface area contributed by atoms with Crippen LogP contribution in [-0.2, 0) is 14.3 Å². The van der Waals surface area contributed by atoms with E-state index < -0.39 is 17.9 Å². The molecule has 1 rings (SSSR count). The molecule has 0 spiro atoms. The molecule has 0 aromatic heterocycles. The van der Waals surface area contributed by atoms with Crippen molar-refractivity contribution >= 4 is 11.9 Å². The molecule has 16 heavy (non-hydrogen) atoms. The SMILES string of the molecule is CCOC(=O)[C@@H](CC(=O)O)c1ccccc1. The second kappa shape index (κ2) is 5.90. The lowest BCUT2D eigenvalue weighted by Gasteiger charge is -2.13. The Kier molecular flexibility index (Phi) is 4.51. The van der Waals surface area contributed by atoms with E-state index in [4.69, 9.17) is 9.84 Å². The lowest BCUT2D eigenvalue weighted by atomic mass is 9.96. The molecule has 1 aromatic carbocycles. The van der Waals surface area contributed by atoms with Crippen molar-refractivity contribution in [2.75, 3.05) is 6.61 Å². The summed E-state index contributed by atoms with van der Waals surface area (Å²) < 4.78 is 4.86. The summed E-state index contributed by atoms with van der Waals surface area (Å²) >= 11 is 0. The van der Waals surface area contributed by atoms with E-state index in [1.807, 2.05) is 6.07 Å². The number of hydrogen-bond donors (Lipinski definition) is 1. The summed E-state index contributed by atoms with van der Waals surface area (Å²) in [5.41, 5.74) is 0.670. The van der Waals surface area contributed by atoms with E-state index in [2.05, 4.69) is 0 Å². The van der Waals surface area contributed by atoms with Crippen molar-refractivity contribution in [3.05, 3.63) is 35.9 Å². The molecule has 0 radical (unpaired) electrons. The van der Waals surface area contributed by atoms with Gasteiger partial charge in [0.05, 0.1) is 18.9 Å². The minimum absolute atomic E-state index is 0.247. The molecule has 1 atom stereocenters. The predicted molar refractivity (Wildman–Crippen MR) is 58.1 cm³/mol. The quantitative estimate of drug-likeness (QED) is 0.772. The van der Waals surface area contributed by atoms with E-state index in [0.717, 1.165) is 0 Å². The Morgan fingerprint density at radius 2 is 1.94 bits per heavy atom. The number of esters is 1.